The third-order valence-electron chi connectivity index (χ3n) is 3.90. The van der Waals surface area contributed by atoms with Crippen molar-refractivity contribution in [1.29, 1.82) is 0 Å². The summed E-state index contributed by atoms with van der Waals surface area (Å²) in [5.74, 6) is 0.550. The summed E-state index contributed by atoms with van der Waals surface area (Å²) in [6.07, 6.45) is 12.5. The van der Waals surface area contributed by atoms with Gasteiger partial charge >= 0.3 is 0 Å². The maximum Gasteiger partial charge on any atom is 0.169 e. The number of anilines is 1. The van der Waals surface area contributed by atoms with Gasteiger partial charge in [-0.2, -0.15) is 5.10 Å². The fraction of sp³-hybridized carbons (Fsp3) is 0.241. The first-order chi connectivity index (χ1) is 17.9. The van der Waals surface area contributed by atoms with Crippen LogP contribution in [-0.2, 0) is 0 Å². The first-order valence-corrected chi connectivity index (χ1v) is 12.2. The summed E-state index contributed by atoms with van der Waals surface area (Å²) in [5.41, 5.74) is 7.16. The molecule has 0 amide bonds. The van der Waals surface area contributed by atoms with Crippen LogP contribution in [0.3, 0.4) is 0 Å². The molecule has 0 spiro atoms. The number of hydrogen-bond donors (Lipinski definition) is 2. The molecule has 3 rings (SSSR count). The summed E-state index contributed by atoms with van der Waals surface area (Å²) < 4.78 is 0. The minimum absolute atomic E-state index is 0.550. The van der Waals surface area contributed by atoms with Crippen LogP contribution in [0.4, 0.5) is 5.82 Å². The molecule has 0 fully saturated rings. The lowest BCUT2D eigenvalue weighted by molar-refractivity contribution is 0.467. The zero-order valence-corrected chi connectivity index (χ0v) is 24.1. The average molecular weight is 543 g/mol. The molecule has 2 aromatic carbocycles. The number of halogens is 2. The van der Waals surface area contributed by atoms with Gasteiger partial charge in [-0.1, -0.05) is 67.4 Å². The molecule has 8 heteroatoms. The van der Waals surface area contributed by atoms with E-state index in [1.807, 2.05) is 96.1 Å². The third kappa shape index (κ3) is 14.5. The summed E-state index contributed by atoms with van der Waals surface area (Å²) in [6.45, 7) is 11.4. The number of aliphatic imine (C=N–C) groups is 1. The Labute approximate surface area is 232 Å². The van der Waals surface area contributed by atoms with E-state index in [1.165, 1.54) is 0 Å². The number of aliphatic hydroxyl groups excluding tert-OH is 1. The normalized spacial score (nSPS) is 9.27. The van der Waals surface area contributed by atoms with E-state index in [4.69, 9.17) is 28.3 Å². The third-order valence-corrected chi connectivity index (χ3v) is 4.48. The fourth-order valence-electron chi connectivity index (χ4n) is 2.28. The predicted octanol–water partition coefficient (Wildman–Crippen LogP) is 8.99. The van der Waals surface area contributed by atoms with Crippen molar-refractivity contribution in [3.05, 3.63) is 76.5 Å². The highest BCUT2D eigenvalue weighted by Crippen LogP contribution is 2.35. The van der Waals surface area contributed by atoms with E-state index in [1.54, 1.807) is 19.5 Å². The van der Waals surface area contributed by atoms with Gasteiger partial charge in [0.1, 0.15) is 5.69 Å². The second-order valence-electron chi connectivity index (χ2n) is 6.70. The summed E-state index contributed by atoms with van der Waals surface area (Å²) in [4.78, 5) is 3.61. The van der Waals surface area contributed by atoms with Crippen molar-refractivity contribution in [2.45, 2.75) is 41.5 Å². The molecule has 0 aliphatic carbocycles. The zero-order chi connectivity index (χ0) is 28.6. The molecule has 0 unspecified atom stereocenters. The van der Waals surface area contributed by atoms with E-state index in [9.17, 15) is 0 Å². The Morgan fingerprint density at radius 3 is 1.92 bits per heavy atom. The highest BCUT2D eigenvalue weighted by atomic mass is 35.5. The minimum atomic E-state index is 0.550. The van der Waals surface area contributed by atoms with E-state index < -0.39 is 0 Å². The number of hydrogen-bond acceptors (Lipinski definition) is 6. The van der Waals surface area contributed by atoms with E-state index >= 15 is 0 Å². The Kier molecular flexibility index (Phi) is 21.9. The lowest BCUT2D eigenvalue weighted by Gasteiger charge is -2.11. The average Bonchev–Trinajstić information content (AvgIpc) is 2.95. The summed E-state index contributed by atoms with van der Waals surface area (Å²) >= 11 is 12.3. The van der Waals surface area contributed by atoms with Crippen molar-refractivity contribution in [1.82, 2.24) is 10.2 Å². The van der Waals surface area contributed by atoms with Crippen LogP contribution in [0.5, 0.6) is 0 Å². The Balaban J connectivity index is 0. The number of terminal acetylenes is 1. The van der Waals surface area contributed by atoms with Crippen LogP contribution in [0.2, 0.25) is 10.0 Å². The fourth-order valence-corrected chi connectivity index (χ4v) is 2.63. The van der Waals surface area contributed by atoms with Crippen LogP contribution in [0.1, 0.15) is 41.5 Å². The van der Waals surface area contributed by atoms with Gasteiger partial charge in [0.2, 0.25) is 0 Å². The van der Waals surface area contributed by atoms with Crippen LogP contribution in [0.15, 0.2) is 76.5 Å². The van der Waals surface area contributed by atoms with Gasteiger partial charge in [0, 0.05) is 29.4 Å². The summed E-state index contributed by atoms with van der Waals surface area (Å²) in [7, 11) is 1.75. The van der Waals surface area contributed by atoms with Gasteiger partial charge in [0.25, 0.3) is 0 Å². The minimum Gasteiger partial charge on any atom is -0.516 e. The lowest BCUT2D eigenvalue weighted by atomic mass is 10.00. The molecule has 0 atom stereocenters. The molecule has 198 valence electrons. The molecule has 2 N–H and O–H groups in total. The molecule has 1 aromatic heterocycles. The molecule has 0 bridgehead atoms. The molecule has 6 nitrogen and oxygen atoms in total. The standard InChI is InChI=1S/C18H14Cl2N4.C4H8O.C3H7N.C2H6.C2H2/c1-2-21-22-17-11-15(12-7-9-13(19)10-8-12)18(24-23-17)14-5-3-4-6-16(14)20;1-4(2)3-5;1-3-4-2;2*1-2/h2-11H,1H3,(H,22,23);3,5H,1-2H3;3H,1-2H3;1-2H3;1-2H/b21-2+;;;;. The van der Waals surface area contributed by atoms with Crippen molar-refractivity contribution >= 4 is 41.4 Å². The highest BCUT2D eigenvalue weighted by molar-refractivity contribution is 6.33. The molecular formula is C29H37Cl2N5O. The Bertz CT molecular complexity index is 1120. The lowest BCUT2D eigenvalue weighted by Crippen LogP contribution is -1.99. The summed E-state index contributed by atoms with van der Waals surface area (Å²) in [5, 5.41) is 21.8. The molecular weight excluding hydrogens is 505 g/mol. The first-order valence-electron chi connectivity index (χ1n) is 11.5. The SMILES string of the molecule is C#C.C/C=N/Nc1cc(-c2ccc(Cl)cc2)c(-c2ccccc2Cl)nn1.CC.CC(C)=CO.CC=NC. The van der Waals surface area contributed by atoms with Gasteiger partial charge in [-0.25, -0.2) is 0 Å². The van der Waals surface area contributed by atoms with Crippen molar-refractivity contribution < 1.29 is 5.11 Å². The molecule has 0 radical (unpaired) electrons. The van der Waals surface area contributed by atoms with Crippen LogP contribution in [-0.4, -0.2) is 34.8 Å². The smallest absolute Gasteiger partial charge is 0.169 e. The van der Waals surface area contributed by atoms with E-state index in [-0.39, 0.29) is 0 Å². The Morgan fingerprint density at radius 1 is 0.919 bits per heavy atom. The topological polar surface area (TPSA) is 82.8 Å². The molecule has 0 aliphatic heterocycles. The molecule has 37 heavy (non-hydrogen) atoms. The van der Waals surface area contributed by atoms with Crippen LogP contribution < -0.4 is 5.43 Å². The maximum atomic E-state index is 7.98. The Morgan fingerprint density at radius 2 is 1.46 bits per heavy atom. The van der Waals surface area contributed by atoms with Gasteiger partial charge in [-0.3, -0.25) is 5.43 Å². The molecule has 0 saturated heterocycles. The Hall–Kier alpha value is -3.66. The van der Waals surface area contributed by atoms with E-state index in [0.29, 0.717) is 21.6 Å². The van der Waals surface area contributed by atoms with Crippen molar-refractivity contribution in [2.75, 3.05) is 12.5 Å². The second kappa shape index (κ2) is 22.8. The predicted molar refractivity (Wildman–Crippen MR) is 164 cm³/mol. The number of allylic oxidation sites excluding steroid dienone is 1. The van der Waals surface area contributed by atoms with Gasteiger partial charge < -0.3 is 10.1 Å². The molecule has 0 saturated carbocycles. The number of benzene rings is 2. The number of rotatable bonds is 4. The van der Waals surface area contributed by atoms with Gasteiger partial charge in [0.05, 0.1) is 11.3 Å². The number of aromatic nitrogens is 2. The monoisotopic (exact) mass is 541 g/mol. The van der Waals surface area contributed by atoms with E-state index in [0.717, 1.165) is 28.5 Å². The quantitative estimate of drug-likeness (QED) is 0.149. The summed E-state index contributed by atoms with van der Waals surface area (Å²) in [6, 6.07) is 17.0. The highest BCUT2D eigenvalue weighted by Gasteiger charge is 2.14. The number of nitrogens with zero attached hydrogens (tertiary/aromatic N) is 4. The van der Waals surface area contributed by atoms with Crippen molar-refractivity contribution in [3.63, 3.8) is 0 Å². The molecule has 0 aliphatic rings. The number of nitrogens with one attached hydrogen (secondary N) is 1. The van der Waals surface area contributed by atoms with Gasteiger partial charge in [0.15, 0.2) is 5.82 Å². The first kappa shape index (κ1) is 35.5. The zero-order valence-electron chi connectivity index (χ0n) is 22.6. The van der Waals surface area contributed by atoms with E-state index in [2.05, 4.69) is 38.6 Å². The van der Waals surface area contributed by atoms with Crippen LogP contribution in [0.25, 0.3) is 22.4 Å². The largest absolute Gasteiger partial charge is 0.516 e. The van der Waals surface area contributed by atoms with Crippen LogP contribution in [0, 0.1) is 12.8 Å². The molecule has 1 heterocycles. The molecule has 3 aromatic rings. The maximum absolute atomic E-state index is 7.98. The van der Waals surface area contributed by atoms with Gasteiger partial charge in [-0.15, -0.1) is 23.0 Å². The number of hydrazone groups is 1. The number of aliphatic hydroxyl groups is 1. The van der Waals surface area contributed by atoms with Gasteiger partial charge in [-0.05, 0) is 69.3 Å². The second-order valence-corrected chi connectivity index (χ2v) is 7.54. The van der Waals surface area contributed by atoms with Crippen molar-refractivity contribution in [3.8, 4) is 35.2 Å². The van der Waals surface area contributed by atoms with Crippen molar-refractivity contribution in [2.24, 2.45) is 10.1 Å². The van der Waals surface area contributed by atoms with Crippen LogP contribution >= 0.6 is 23.2 Å².